The molecule has 1 N–H and O–H groups in total. The first-order valence-corrected chi connectivity index (χ1v) is 14.6. The van der Waals surface area contributed by atoms with Crippen molar-refractivity contribution in [2.75, 3.05) is 26.3 Å². The molecule has 9 heteroatoms. The standard InChI is InChI=1S/C26H37BrN2O5S/c1-3-5-9-15-34-25(33)19-20-23(31)29(13-14-30)22(26(20)16-18(27)21(19)35-26)24(32)28(12-4-2)17-10-7-6-8-11-17/h3-4,17-22,30H,1-2,5-16H2/t18?,19-,20-,21-,22?,26?/m0/s1. The average molecular weight is 570 g/mol. The lowest BCUT2D eigenvalue weighted by atomic mass is 9.71. The highest BCUT2D eigenvalue weighted by molar-refractivity contribution is 9.09. The Balaban J connectivity index is 1.65. The minimum Gasteiger partial charge on any atom is -0.465 e. The van der Waals surface area contributed by atoms with E-state index in [4.69, 9.17) is 4.74 Å². The van der Waals surface area contributed by atoms with E-state index in [0.29, 0.717) is 19.4 Å². The molecule has 3 saturated heterocycles. The fraction of sp³-hybridized carbons (Fsp3) is 0.731. The number of carbonyl (C=O) groups is 3. The van der Waals surface area contributed by atoms with Crippen LogP contribution >= 0.6 is 27.7 Å². The van der Waals surface area contributed by atoms with E-state index < -0.39 is 22.6 Å². The summed E-state index contributed by atoms with van der Waals surface area (Å²) >= 11 is 5.37. The molecule has 4 rings (SSSR count). The first-order valence-electron chi connectivity index (χ1n) is 12.8. The zero-order valence-electron chi connectivity index (χ0n) is 20.3. The molecule has 3 heterocycles. The van der Waals surface area contributed by atoms with Crippen molar-refractivity contribution in [2.24, 2.45) is 11.8 Å². The molecule has 0 aromatic carbocycles. The number of rotatable bonds is 11. The number of carbonyl (C=O) groups excluding carboxylic acids is 3. The number of hydrogen-bond acceptors (Lipinski definition) is 6. The Hall–Kier alpha value is -1.32. The summed E-state index contributed by atoms with van der Waals surface area (Å²) in [5.41, 5.74) is 0. The molecule has 7 nitrogen and oxygen atoms in total. The Bertz CT molecular complexity index is 850. The highest BCUT2D eigenvalue weighted by Crippen LogP contribution is 2.68. The number of unbranched alkanes of at least 4 members (excludes halogenated alkanes) is 1. The summed E-state index contributed by atoms with van der Waals surface area (Å²) in [4.78, 5) is 44.8. The Morgan fingerprint density at radius 2 is 2.00 bits per heavy atom. The molecule has 4 fully saturated rings. The maximum Gasteiger partial charge on any atom is 0.310 e. The predicted molar refractivity (Wildman–Crippen MR) is 140 cm³/mol. The molecule has 194 valence electrons. The molecule has 3 aliphatic heterocycles. The number of esters is 1. The van der Waals surface area contributed by atoms with E-state index in [-0.39, 0.29) is 53.7 Å². The highest BCUT2D eigenvalue weighted by Gasteiger charge is 2.76. The molecular formula is C26H37BrN2O5S. The van der Waals surface area contributed by atoms with Gasteiger partial charge in [-0.25, -0.2) is 0 Å². The van der Waals surface area contributed by atoms with Crippen LogP contribution in [0.1, 0.15) is 51.4 Å². The van der Waals surface area contributed by atoms with Crippen LogP contribution in [0.5, 0.6) is 0 Å². The number of ether oxygens (including phenoxy) is 1. The molecule has 6 atom stereocenters. The Kier molecular flexibility index (Phi) is 8.69. The van der Waals surface area contributed by atoms with Crippen LogP contribution in [-0.4, -0.2) is 85.9 Å². The van der Waals surface area contributed by atoms with Crippen LogP contribution in [0.25, 0.3) is 0 Å². The number of amides is 2. The van der Waals surface area contributed by atoms with E-state index in [2.05, 4.69) is 29.1 Å². The third kappa shape index (κ3) is 4.73. The molecule has 0 aromatic heterocycles. The third-order valence-electron chi connectivity index (χ3n) is 8.06. The quantitative estimate of drug-likeness (QED) is 0.178. The van der Waals surface area contributed by atoms with Crippen LogP contribution in [0.3, 0.4) is 0 Å². The van der Waals surface area contributed by atoms with Gasteiger partial charge in [-0.15, -0.1) is 24.9 Å². The van der Waals surface area contributed by atoms with Crippen LogP contribution in [-0.2, 0) is 19.1 Å². The number of likely N-dealkylation sites (tertiary alicyclic amines) is 1. The van der Waals surface area contributed by atoms with Crippen molar-refractivity contribution < 1.29 is 24.2 Å². The minimum absolute atomic E-state index is 0.00851. The Morgan fingerprint density at radius 1 is 1.26 bits per heavy atom. The van der Waals surface area contributed by atoms with Crippen molar-refractivity contribution in [1.29, 1.82) is 0 Å². The number of aliphatic hydroxyl groups is 1. The van der Waals surface area contributed by atoms with Crippen molar-refractivity contribution in [3.63, 3.8) is 0 Å². The van der Waals surface area contributed by atoms with E-state index in [1.54, 1.807) is 28.8 Å². The number of nitrogens with zero attached hydrogens (tertiary/aromatic N) is 2. The lowest BCUT2D eigenvalue weighted by Gasteiger charge is -2.41. The van der Waals surface area contributed by atoms with Crippen LogP contribution in [0, 0.1) is 11.8 Å². The predicted octanol–water partition coefficient (Wildman–Crippen LogP) is 3.30. The number of alkyl halides is 1. The first-order chi connectivity index (χ1) is 16.9. The van der Waals surface area contributed by atoms with Crippen molar-refractivity contribution in [3.05, 3.63) is 25.3 Å². The van der Waals surface area contributed by atoms with Gasteiger partial charge in [0.15, 0.2) is 0 Å². The van der Waals surface area contributed by atoms with Gasteiger partial charge >= 0.3 is 5.97 Å². The number of β-amino-alcohol motifs (C(OH)–C–C–N with tert-alkyl or cyclic N) is 1. The second-order valence-electron chi connectivity index (χ2n) is 10.1. The molecule has 1 spiro atoms. The summed E-state index contributed by atoms with van der Waals surface area (Å²) in [5, 5.41) is 9.69. The normalized spacial score (nSPS) is 34.1. The first kappa shape index (κ1) is 26.7. The van der Waals surface area contributed by atoms with Gasteiger partial charge in [0.05, 0.1) is 29.8 Å². The van der Waals surface area contributed by atoms with Crippen LogP contribution in [0.2, 0.25) is 0 Å². The second-order valence-corrected chi connectivity index (χ2v) is 12.8. The minimum atomic E-state index is -0.707. The summed E-state index contributed by atoms with van der Waals surface area (Å²) < 4.78 is 4.90. The zero-order chi connectivity index (χ0) is 25.2. The van der Waals surface area contributed by atoms with E-state index >= 15 is 0 Å². The van der Waals surface area contributed by atoms with Gasteiger partial charge in [-0.05, 0) is 32.1 Å². The largest absolute Gasteiger partial charge is 0.465 e. The molecule has 35 heavy (non-hydrogen) atoms. The van der Waals surface area contributed by atoms with E-state index in [1.165, 1.54) is 6.42 Å². The molecule has 2 amide bonds. The molecule has 0 aromatic rings. The number of fused-ring (bicyclic) bond motifs is 1. The van der Waals surface area contributed by atoms with Gasteiger partial charge in [-0.3, -0.25) is 14.4 Å². The average Bonchev–Trinajstić information content (AvgIpc) is 3.44. The van der Waals surface area contributed by atoms with Crippen LogP contribution in [0.4, 0.5) is 0 Å². The molecule has 3 unspecified atom stereocenters. The SMILES string of the molecule is C=CCCCOC(=O)[C@H]1[C@H]2C(=O)N(CCO)C(C(=O)N(CC=C)C3CCCCC3)C23CC(Br)[C@@H]1S3. The molecule has 2 bridgehead atoms. The van der Waals surface area contributed by atoms with Gasteiger partial charge in [0.25, 0.3) is 0 Å². The summed E-state index contributed by atoms with van der Waals surface area (Å²) in [6.07, 6.45) is 10.9. The summed E-state index contributed by atoms with van der Waals surface area (Å²) in [5.74, 6) is -1.86. The van der Waals surface area contributed by atoms with Gasteiger partial charge in [0, 0.05) is 29.2 Å². The highest BCUT2D eigenvalue weighted by atomic mass is 79.9. The van der Waals surface area contributed by atoms with Crippen molar-refractivity contribution in [2.45, 2.75) is 78.3 Å². The summed E-state index contributed by atoms with van der Waals surface area (Å²) in [6.45, 7) is 8.15. The van der Waals surface area contributed by atoms with E-state index in [1.807, 2.05) is 4.90 Å². The molecule has 0 radical (unpaired) electrons. The molecule has 1 saturated carbocycles. The van der Waals surface area contributed by atoms with Crippen molar-refractivity contribution in [3.8, 4) is 0 Å². The third-order valence-corrected chi connectivity index (χ3v) is 11.3. The lowest BCUT2D eigenvalue weighted by molar-refractivity contribution is -0.154. The molecule has 1 aliphatic carbocycles. The van der Waals surface area contributed by atoms with Gasteiger partial charge in [-0.1, -0.05) is 47.3 Å². The van der Waals surface area contributed by atoms with Gasteiger partial charge < -0.3 is 19.6 Å². The molecular weight excluding hydrogens is 532 g/mol. The number of halogens is 1. The molecule has 4 aliphatic rings. The summed E-state index contributed by atoms with van der Waals surface area (Å²) in [6, 6.07) is -0.576. The lowest BCUT2D eigenvalue weighted by Crippen LogP contribution is -2.57. The van der Waals surface area contributed by atoms with Gasteiger partial charge in [0.2, 0.25) is 11.8 Å². The van der Waals surface area contributed by atoms with Gasteiger partial charge in [-0.2, -0.15) is 0 Å². The Morgan fingerprint density at radius 3 is 2.66 bits per heavy atom. The van der Waals surface area contributed by atoms with Crippen LogP contribution in [0.15, 0.2) is 25.3 Å². The topological polar surface area (TPSA) is 87.1 Å². The van der Waals surface area contributed by atoms with Gasteiger partial charge in [0.1, 0.15) is 6.04 Å². The maximum atomic E-state index is 14.3. The fourth-order valence-corrected chi connectivity index (χ4v) is 10.2. The number of aliphatic hydroxyl groups excluding tert-OH is 1. The fourth-order valence-electron chi connectivity index (χ4n) is 6.63. The van der Waals surface area contributed by atoms with E-state index in [0.717, 1.165) is 32.1 Å². The zero-order valence-corrected chi connectivity index (χ0v) is 22.7. The van der Waals surface area contributed by atoms with E-state index in [9.17, 15) is 19.5 Å². The van der Waals surface area contributed by atoms with Crippen LogP contribution < -0.4 is 0 Å². The van der Waals surface area contributed by atoms with Crippen molar-refractivity contribution in [1.82, 2.24) is 9.80 Å². The number of allylic oxidation sites excluding steroid dienone is 1. The smallest absolute Gasteiger partial charge is 0.310 e. The van der Waals surface area contributed by atoms with Crippen molar-refractivity contribution >= 4 is 45.5 Å². The number of thioether (sulfide) groups is 1. The second kappa shape index (κ2) is 11.4. The summed E-state index contributed by atoms with van der Waals surface area (Å²) in [7, 11) is 0. The monoisotopic (exact) mass is 568 g/mol. The Labute approximate surface area is 220 Å². The number of hydrogen-bond donors (Lipinski definition) is 1. The maximum absolute atomic E-state index is 14.3.